The molecule has 0 spiro atoms. The summed E-state index contributed by atoms with van der Waals surface area (Å²) in [7, 11) is 0. The van der Waals surface area contributed by atoms with Crippen molar-refractivity contribution < 1.29 is 10.1 Å². The number of halogens is 1. The second-order valence-corrected chi connectivity index (χ2v) is 7.32. The molecule has 2 aromatic carbocycles. The molecule has 0 aliphatic rings. The first-order chi connectivity index (χ1) is 13.5. The highest BCUT2D eigenvalue weighted by Gasteiger charge is 2.26. The van der Waals surface area contributed by atoms with Gasteiger partial charge in [-0.15, -0.1) is 0 Å². The number of pyridine rings is 2. The van der Waals surface area contributed by atoms with Crippen LogP contribution in [0, 0.1) is 13.8 Å². The molecule has 28 heavy (non-hydrogen) atoms. The van der Waals surface area contributed by atoms with Gasteiger partial charge in [0.05, 0.1) is 11.2 Å². The first kappa shape index (κ1) is 18.3. The number of aromatic nitrogens is 2. The van der Waals surface area contributed by atoms with E-state index in [0.29, 0.717) is 16.1 Å². The topological polar surface area (TPSA) is 59.3 Å². The fraction of sp³-hybridized carbons (Fsp3) is 0.130. The number of nitrogens with one attached hydrogen (secondary N) is 2. The number of benzene rings is 2. The Bertz CT molecular complexity index is 1150. The van der Waals surface area contributed by atoms with Crippen LogP contribution in [0.25, 0.3) is 10.9 Å². The van der Waals surface area contributed by atoms with Crippen LogP contribution in [-0.2, 0) is 0 Å². The van der Waals surface area contributed by atoms with Gasteiger partial charge < -0.3 is 5.11 Å². The lowest BCUT2D eigenvalue weighted by atomic mass is 9.92. The van der Waals surface area contributed by atoms with Crippen molar-refractivity contribution >= 4 is 28.3 Å². The highest BCUT2D eigenvalue weighted by Crippen LogP contribution is 2.40. The van der Waals surface area contributed by atoms with Crippen LogP contribution in [0.4, 0.5) is 5.82 Å². The molecule has 0 bridgehead atoms. The summed E-state index contributed by atoms with van der Waals surface area (Å²) < 4.78 is 0. The van der Waals surface area contributed by atoms with E-state index in [9.17, 15) is 5.11 Å². The Balaban J connectivity index is 1.94. The van der Waals surface area contributed by atoms with Gasteiger partial charge in [0.25, 0.3) is 5.82 Å². The summed E-state index contributed by atoms with van der Waals surface area (Å²) in [5, 5.41) is 15.9. The maximum atomic E-state index is 11.1. The number of hydrogen-bond donors (Lipinski definition) is 2. The summed E-state index contributed by atoms with van der Waals surface area (Å²) in [6, 6.07) is 17.3. The number of phenolic OH excluding ortho intramolecular Hbond substituents is 1. The van der Waals surface area contributed by atoms with Crippen LogP contribution < -0.4 is 10.3 Å². The molecule has 5 heteroatoms. The minimum absolute atomic E-state index is 0.134. The van der Waals surface area contributed by atoms with Crippen molar-refractivity contribution in [3.8, 4) is 5.75 Å². The SMILES string of the molecule is Cc1ccc(C)c([C@@H](Nc2cccc[nH+]2)c2cc(Cl)c3cccnc3c2O)c1. The van der Waals surface area contributed by atoms with Crippen LogP contribution in [0.2, 0.25) is 5.02 Å². The van der Waals surface area contributed by atoms with E-state index < -0.39 is 0 Å². The van der Waals surface area contributed by atoms with Crippen molar-refractivity contribution in [3.63, 3.8) is 0 Å². The van der Waals surface area contributed by atoms with Crippen LogP contribution in [0.1, 0.15) is 28.3 Å². The standard InChI is InChI=1S/C23H20ClN3O/c1-14-8-9-15(2)17(12-14)21(27-20-7-3-4-10-25-20)18-13-19(24)16-6-5-11-26-22(16)23(18)28/h3-13,21,28H,1-2H3,(H,25,27)/p+1/t21-/m1/s1. The van der Waals surface area contributed by atoms with Gasteiger partial charge in [-0.2, -0.15) is 0 Å². The van der Waals surface area contributed by atoms with E-state index in [1.54, 1.807) is 6.20 Å². The predicted octanol–water partition coefficient (Wildman–Crippen LogP) is 5.23. The minimum atomic E-state index is -0.303. The second kappa shape index (κ2) is 7.49. The highest BCUT2D eigenvalue weighted by atomic mass is 35.5. The van der Waals surface area contributed by atoms with Crippen LogP contribution >= 0.6 is 11.6 Å². The van der Waals surface area contributed by atoms with Crippen LogP contribution in [0.5, 0.6) is 5.75 Å². The van der Waals surface area contributed by atoms with E-state index in [-0.39, 0.29) is 11.8 Å². The molecule has 4 nitrogen and oxygen atoms in total. The number of fused-ring (bicyclic) bond motifs is 1. The summed E-state index contributed by atoms with van der Waals surface area (Å²) in [6.07, 6.45) is 3.52. The predicted molar refractivity (Wildman–Crippen MR) is 113 cm³/mol. The van der Waals surface area contributed by atoms with E-state index in [1.165, 1.54) is 0 Å². The number of hydrogen-bond acceptors (Lipinski definition) is 3. The van der Waals surface area contributed by atoms with E-state index in [2.05, 4.69) is 47.3 Å². The number of nitrogens with zero attached hydrogens (tertiary/aromatic N) is 1. The van der Waals surface area contributed by atoms with Crippen LogP contribution in [0.3, 0.4) is 0 Å². The zero-order chi connectivity index (χ0) is 19.7. The summed E-state index contributed by atoms with van der Waals surface area (Å²) >= 11 is 6.55. The Morgan fingerprint density at radius 1 is 1.04 bits per heavy atom. The molecule has 0 amide bonds. The van der Waals surface area contributed by atoms with Gasteiger partial charge >= 0.3 is 0 Å². The Kier molecular flexibility index (Phi) is 4.88. The van der Waals surface area contributed by atoms with Gasteiger partial charge in [-0.25, -0.2) is 4.98 Å². The first-order valence-corrected chi connectivity index (χ1v) is 9.49. The van der Waals surface area contributed by atoms with Crippen molar-refractivity contribution in [1.82, 2.24) is 4.98 Å². The zero-order valence-electron chi connectivity index (χ0n) is 15.7. The average molecular weight is 391 g/mol. The molecule has 0 unspecified atom stereocenters. The zero-order valence-corrected chi connectivity index (χ0v) is 16.5. The quantitative estimate of drug-likeness (QED) is 0.501. The Hall–Kier alpha value is -3.11. The summed E-state index contributed by atoms with van der Waals surface area (Å²) in [6.45, 7) is 4.12. The lowest BCUT2D eigenvalue weighted by molar-refractivity contribution is -0.361. The fourth-order valence-corrected chi connectivity index (χ4v) is 3.73. The Labute approximate surface area is 168 Å². The molecule has 2 aromatic heterocycles. The maximum Gasteiger partial charge on any atom is 0.272 e. The molecule has 0 fully saturated rings. The monoisotopic (exact) mass is 390 g/mol. The molecule has 0 saturated heterocycles. The fourth-order valence-electron chi connectivity index (χ4n) is 3.46. The lowest BCUT2D eigenvalue weighted by Crippen LogP contribution is -2.20. The largest absolute Gasteiger partial charge is 0.505 e. The van der Waals surface area contributed by atoms with Crippen LogP contribution in [0.15, 0.2) is 67.0 Å². The van der Waals surface area contributed by atoms with Gasteiger partial charge in [-0.3, -0.25) is 10.3 Å². The van der Waals surface area contributed by atoms with Gasteiger partial charge in [0.1, 0.15) is 17.3 Å². The lowest BCUT2D eigenvalue weighted by Gasteiger charge is -2.20. The summed E-state index contributed by atoms with van der Waals surface area (Å²) in [5.41, 5.74) is 4.52. The van der Waals surface area contributed by atoms with Crippen molar-refractivity contribution in [3.05, 3.63) is 94.3 Å². The molecule has 0 radical (unpaired) electrons. The molecule has 2 heterocycles. The molecule has 140 valence electrons. The molecule has 3 N–H and O–H groups in total. The van der Waals surface area contributed by atoms with Gasteiger partial charge in [0.2, 0.25) is 0 Å². The number of anilines is 1. The van der Waals surface area contributed by atoms with Gasteiger partial charge in [0, 0.05) is 28.8 Å². The van der Waals surface area contributed by atoms with E-state index >= 15 is 0 Å². The normalized spacial score (nSPS) is 12.1. The molecule has 4 rings (SSSR count). The van der Waals surface area contributed by atoms with Crippen molar-refractivity contribution in [1.29, 1.82) is 0 Å². The summed E-state index contributed by atoms with van der Waals surface area (Å²) in [4.78, 5) is 7.56. The Morgan fingerprint density at radius 2 is 1.89 bits per heavy atom. The number of phenols is 1. The third-order valence-corrected chi connectivity index (χ3v) is 5.22. The number of aryl methyl sites for hydroxylation is 2. The molecular weight excluding hydrogens is 370 g/mol. The van der Waals surface area contributed by atoms with E-state index in [1.807, 2.05) is 42.6 Å². The number of aromatic hydroxyl groups is 1. The molecule has 0 aliphatic heterocycles. The van der Waals surface area contributed by atoms with E-state index in [4.69, 9.17) is 11.6 Å². The highest BCUT2D eigenvalue weighted by molar-refractivity contribution is 6.35. The van der Waals surface area contributed by atoms with Crippen molar-refractivity contribution in [2.24, 2.45) is 0 Å². The molecular formula is C23H21ClN3O+. The molecule has 0 saturated carbocycles. The van der Waals surface area contributed by atoms with Crippen molar-refractivity contribution in [2.75, 3.05) is 5.32 Å². The number of aromatic amines is 1. The maximum absolute atomic E-state index is 11.1. The average Bonchev–Trinajstić information content (AvgIpc) is 2.72. The number of rotatable bonds is 4. The van der Waals surface area contributed by atoms with Gasteiger partial charge in [0.15, 0.2) is 0 Å². The minimum Gasteiger partial charge on any atom is -0.505 e. The number of H-pyrrole nitrogens is 1. The van der Waals surface area contributed by atoms with E-state index in [0.717, 1.165) is 27.9 Å². The van der Waals surface area contributed by atoms with Crippen LogP contribution in [-0.4, -0.2) is 10.1 Å². The molecule has 4 aromatic rings. The van der Waals surface area contributed by atoms with Crippen molar-refractivity contribution in [2.45, 2.75) is 19.9 Å². The third-order valence-electron chi connectivity index (χ3n) is 4.91. The van der Waals surface area contributed by atoms with Gasteiger partial charge in [-0.1, -0.05) is 41.4 Å². The first-order valence-electron chi connectivity index (χ1n) is 9.11. The molecule has 1 atom stereocenters. The summed E-state index contributed by atoms with van der Waals surface area (Å²) in [5.74, 6) is 0.972. The Morgan fingerprint density at radius 3 is 2.68 bits per heavy atom. The third kappa shape index (κ3) is 3.39. The smallest absolute Gasteiger partial charge is 0.272 e. The molecule has 0 aliphatic carbocycles. The second-order valence-electron chi connectivity index (χ2n) is 6.91. The van der Waals surface area contributed by atoms with Gasteiger partial charge in [-0.05, 0) is 43.7 Å².